The first-order chi connectivity index (χ1) is 13.8. The minimum atomic E-state index is -3.61. The fourth-order valence-corrected chi connectivity index (χ4v) is 5.94. The second-order valence-electron chi connectivity index (χ2n) is 8.64. The highest BCUT2D eigenvalue weighted by molar-refractivity contribution is 7.89. The van der Waals surface area contributed by atoms with Crippen LogP contribution in [0.1, 0.15) is 72.9 Å². The van der Waals surface area contributed by atoms with E-state index >= 15 is 0 Å². The summed E-state index contributed by atoms with van der Waals surface area (Å²) in [4.78, 5) is 15.8. The van der Waals surface area contributed by atoms with Gasteiger partial charge in [-0.25, -0.2) is 13.1 Å². The van der Waals surface area contributed by atoms with Crippen LogP contribution in [0.5, 0.6) is 0 Å². The number of hydrogen-bond donors (Lipinski definition) is 2. The van der Waals surface area contributed by atoms with E-state index in [2.05, 4.69) is 14.9 Å². The summed E-state index contributed by atoms with van der Waals surface area (Å²) in [5, 5.41) is 3.15. The third-order valence-electron chi connectivity index (χ3n) is 6.83. The van der Waals surface area contributed by atoms with Gasteiger partial charge in [-0.15, -0.1) is 0 Å². The molecule has 1 aliphatic heterocycles. The quantitative estimate of drug-likeness (QED) is 0.740. The largest absolute Gasteiger partial charge is 0.350 e. The number of nitrogens with one attached hydrogen (secondary N) is 2. The molecule has 3 rings (SSSR count). The molecule has 1 heterocycles. The van der Waals surface area contributed by atoms with Crippen molar-refractivity contribution in [1.82, 2.24) is 14.9 Å². The Bertz CT molecular complexity index is 839. The molecule has 29 heavy (non-hydrogen) atoms. The minimum Gasteiger partial charge on any atom is -0.350 e. The van der Waals surface area contributed by atoms with E-state index in [0.29, 0.717) is 17.7 Å². The molecule has 0 radical (unpaired) electrons. The Kier molecular flexibility index (Phi) is 7.02. The van der Waals surface area contributed by atoms with Crippen molar-refractivity contribution in [2.75, 3.05) is 26.7 Å². The van der Waals surface area contributed by atoms with Crippen LogP contribution in [-0.4, -0.2) is 51.4 Å². The van der Waals surface area contributed by atoms with E-state index in [9.17, 15) is 13.2 Å². The molecule has 1 aromatic carbocycles. The Morgan fingerprint density at radius 3 is 2.28 bits per heavy atom. The monoisotopic (exact) mass is 421 g/mol. The lowest BCUT2D eigenvalue weighted by Gasteiger charge is -2.48. The maximum Gasteiger partial charge on any atom is 0.251 e. The maximum atomic E-state index is 13.0. The summed E-state index contributed by atoms with van der Waals surface area (Å²) < 4.78 is 27.1. The molecule has 2 fully saturated rings. The molecular weight excluding hydrogens is 386 g/mol. The second-order valence-corrected chi connectivity index (χ2v) is 10.5. The van der Waals surface area contributed by atoms with Gasteiger partial charge in [0.2, 0.25) is 10.0 Å². The van der Waals surface area contributed by atoms with Crippen molar-refractivity contribution < 1.29 is 13.2 Å². The van der Waals surface area contributed by atoms with Crippen LogP contribution in [0.4, 0.5) is 0 Å². The lowest BCUT2D eigenvalue weighted by atomic mass is 9.79. The molecule has 1 aliphatic carbocycles. The minimum absolute atomic E-state index is 0.0496. The predicted molar refractivity (Wildman–Crippen MR) is 116 cm³/mol. The fourth-order valence-electron chi connectivity index (χ4n) is 4.88. The van der Waals surface area contributed by atoms with E-state index in [1.54, 1.807) is 13.0 Å². The highest BCUT2D eigenvalue weighted by atomic mass is 32.2. The van der Waals surface area contributed by atoms with Crippen molar-refractivity contribution in [3.63, 3.8) is 0 Å². The summed E-state index contributed by atoms with van der Waals surface area (Å²) in [6.45, 7) is 6.48. The van der Waals surface area contributed by atoms with Crippen LogP contribution < -0.4 is 10.0 Å². The van der Waals surface area contributed by atoms with Crippen molar-refractivity contribution in [3.8, 4) is 0 Å². The van der Waals surface area contributed by atoms with Gasteiger partial charge in [-0.3, -0.25) is 9.69 Å². The zero-order chi connectivity index (χ0) is 21.1. The van der Waals surface area contributed by atoms with Gasteiger partial charge in [0, 0.05) is 17.6 Å². The van der Waals surface area contributed by atoms with Crippen molar-refractivity contribution in [2.24, 2.45) is 0 Å². The van der Waals surface area contributed by atoms with E-state index < -0.39 is 10.0 Å². The molecule has 7 heteroatoms. The van der Waals surface area contributed by atoms with Crippen LogP contribution in [0.25, 0.3) is 0 Å². The summed E-state index contributed by atoms with van der Waals surface area (Å²) in [5.41, 5.74) is 1.93. The number of carbonyl (C=O) groups is 1. The summed E-state index contributed by atoms with van der Waals surface area (Å²) in [6, 6.07) is 3.28. The molecule has 0 aromatic heterocycles. The lowest BCUT2D eigenvalue weighted by molar-refractivity contribution is 0.0326. The molecule has 0 atom stereocenters. The first-order valence-electron chi connectivity index (χ1n) is 10.9. The Balaban J connectivity index is 1.80. The Hall–Kier alpha value is -1.44. The fraction of sp³-hybridized carbons (Fsp3) is 0.682. The highest BCUT2D eigenvalue weighted by Crippen LogP contribution is 2.35. The average Bonchev–Trinajstić information content (AvgIpc) is 2.75. The summed E-state index contributed by atoms with van der Waals surface area (Å²) in [5.74, 6) is -0.192. The van der Waals surface area contributed by atoms with Gasteiger partial charge in [-0.05, 0) is 82.9 Å². The van der Waals surface area contributed by atoms with Gasteiger partial charge in [0.25, 0.3) is 5.91 Å². The van der Waals surface area contributed by atoms with Gasteiger partial charge in [0.15, 0.2) is 0 Å². The summed E-state index contributed by atoms with van der Waals surface area (Å²) >= 11 is 0. The van der Waals surface area contributed by atoms with Gasteiger partial charge in [-0.1, -0.05) is 25.7 Å². The molecule has 0 bridgehead atoms. The average molecular weight is 422 g/mol. The van der Waals surface area contributed by atoms with Crippen LogP contribution in [0, 0.1) is 13.8 Å². The highest BCUT2D eigenvalue weighted by Gasteiger charge is 2.38. The van der Waals surface area contributed by atoms with E-state index in [0.717, 1.165) is 31.5 Å². The first-order valence-corrected chi connectivity index (χ1v) is 12.4. The normalized spacial score (nSPS) is 20.4. The number of hydrogen-bond acceptors (Lipinski definition) is 4. The van der Waals surface area contributed by atoms with E-state index in [1.807, 2.05) is 6.92 Å². The number of aryl methyl sites for hydroxylation is 1. The Labute approximate surface area is 175 Å². The number of amides is 1. The number of rotatable bonds is 6. The van der Waals surface area contributed by atoms with Crippen LogP contribution in [0.15, 0.2) is 17.0 Å². The van der Waals surface area contributed by atoms with Gasteiger partial charge in [0.1, 0.15) is 0 Å². The summed E-state index contributed by atoms with van der Waals surface area (Å²) in [6.07, 6.45) is 9.70. The number of nitrogens with zero attached hydrogens (tertiary/aromatic N) is 1. The van der Waals surface area contributed by atoms with Crippen molar-refractivity contribution in [2.45, 2.75) is 75.6 Å². The van der Waals surface area contributed by atoms with E-state index in [1.165, 1.54) is 51.6 Å². The molecule has 1 saturated heterocycles. The molecule has 2 aliphatic rings. The van der Waals surface area contributed by atoms with Crippen LogP contribution in [0.2, 0.25) is 0 Å². The van der Waals surface area contributed by atoms with Crippen LogP contribution in [0.3, 0.4) is 0 Å². The number of sulfonamides is 1. The zero-order valence-corrected chi connectivity index (χ0v) is 18.8. The molecule has 0 unspecified atom stereocenters. The Morgan fingerprint density at radius 1 is 1.03 bits per heavy atom. The maximum absolute atomic E-state index is 13.0. The number of carbonyl (C=O) groups excluding carboxylic acids is 1. The molecule has 6 nitrogen and oxygen atoms in total. The van der Waals surface area contributed by atoms with Crippen molar-refractivity contribution in [1.29, 1.82) is 0 Å². The molecule has 1 saturated carbocycles. The first kappa shape index (κ1) is 22.2. The molecular formula is C22H35N3O3S. The number of benzene rings is 1. The predicted octanol–water partition coefficient (Wildman–Crippen LogP) is 3.13. The van der Waals surface area contributed by atoms with Crippen LogP contribution in [-0.2, 0) is 10.0 Å². The molecule has 2 N–H and O–H groups in total. The van der Waals surface area contributed by atoms with Crippen molar-refractivity contribution in [3.05, 3.63) is 28.8 Å². The van der Waals surface area contributed by atoms with Crippen molar-refractivity contribution >= 4 is 15.9 Å². The molecule has 0 spiro atoms. The molecule has 1 amide bonds. The second kappa shape index (κ2) is 9.14. The van der Waals surface area contributed by atoms with Gasteiger partial charge < -0.3 is 5.32 Å². The Morgan fingerprint density at radius 2 is 1.66 bits per heavy atom. The third-order valence-corrected chi connectivity index (χ3v) is 8.37. The molecule has 1 aromatic rings. The van der Waals surface area contributed by atoms with Gasteiger partial charge in [0.05, 0.1) is 4.90 Å². The lowest BCUT2D eigenvalue weighted by Crippen LogP contribution is -2.58. The zero-order valence-electron chi connectivity index (χ0n) is 18.0. The smallest absolute Gasteiger partial charge is 0.251 e. The number of piperidine rings is 1. The van der Waals surface area contributed by atoms with Gasteiger partial charge >= 0.3 is 0 Å². The van der Waals surface area contributed by atoms with Crippen LogP contribution >= 0.6 is 0 Å². The standard InChI is InChI=1S/C22H35N3O3S/c1-17-14-19(15-20(18(17)2)29(27,28)23-3)21(26)24-16-22(10-6-4-7-11-22)25-12-8-5-9-13-25/h14-15,23H,4-13,16H2,1-3H3,(H,24,26). The third kappa shape index (κ3) is 4.84. The molecule has 162 valence electrons. The number of likely N-dealkylation sites (tertiary alicyclic amines) is 1. The van der Waals surface area contributed by atoms with Gasteiger partial charge in [-0.2, -0.15) is 0 Å². The summed E-state index contributed by atoms with van der Waals surface area (Å²) in [7, 11) is -2.22. The SMILES string of the molecule is CNS(=O)(=O)c1cc(C(=O)NCC2(N3CCCCC3)CCCCC2)cc(C)c1C. The van der Waals surface area contributed by atoms with E-state index in [-0.39, 0.29) is 16.3 Å². The van der Waals surface area contributed by atoms with E-state index in [4.69, 9.17) is 0 Å². The topological polar surface area (TPSA) is 78.5 Å².